The molecule has 0 bridgehead atoms. The highest BCUT2D eigenvalue weighted by Crippen LogP contribution is 2.58. The van der Waals surface area contributed by atoms with Gasteiger partial charge in [-0.1, -0.05) is 96.6 Å². The molecule has 32 heavy (non-hydrogen) atoms. The molecule has 0 saturated carbocycles. The minimum atomic E-state index is -0.336. The average Bonchev–Trinajstić information content (AvgIpc) is 3.07. The van der Waals surface area contributed by atoms with E-state index in [1.165, 1.54) is 60.8 Å². The van der Waals surface area contributed by atoms with Crippen LogP contribution in [0.1, 0.15) is 38.9 Å². The molecule has 0 aromatic heterocycles. The smallest absolute Gasteiger partial charge is 0.0620 e. The maximum absolute atomic E-state index is 2.44. The van der Waals surface area contributed by atoms with Crippen molar-refractivity contribution >= 4 is 10.8 Å². The lowest BCUT2D eigenvalue weighted by atomic mass is 9.65. The molecule has 5 aromatic rings. The van der Waals surface area contributed by atoms with Gasteiger partial charge in [-0.3, -0.25) is 0 Å². The Balaban J connectivity index is 1.88. The second-order valence-electron chi connectivity index (χ2n) is 9.17. The Bertz CT molecular complexity index is 1460. The molecule has 0 heterocycles. The molecule has 0 aliphatic heterocycles. The van der Waals surface area contributed by atoms with Gasteiger partial charge in [0.05, 0.1) is 5.41 Å². The Morgan fingerprint density at radius 3 is 1.59 bits per heavy atom. The van der Waals surface area contributed by atoms with Crippen molar-refractivity contribution in [1.82, 2.24) is 0 Å². The average molecular weight is 411 g/mol. The molecule has 0 radical (unpaired) electrons. The lowest BCUT2D eigenvalue weighted by molar-refractivity contribution is 0.754. The van der Waals surface area contributed by atoms with E-state index in [-0.39, 0.29) is 5.41 Å². The zero-order valence-electron chi connectivity index (χ0n) is 18.8. The minimum absolute atomic E-state index is 0.336. The molecule has 154 valence electrons. The summed E-state index contributed by atoms with van der Waals surface area (Å²) in [5, 5.41) is 2.59. The zero-order chi connectivity index (χ0) is 21.9. The number of hydrogen-bond acceptors (Lipinski definition) is 0. The van der Waals surface area contributed by atoms with Crippen LogP contribution >= 0.6 is 0 Å². The van der Waals surface area contributed by atoms with Crippen LogP contribution in [0.5, 0.6) is 0 Å². The second kappa shape index (κ2) is 6.93. The summed E-state index contributed by atoms with van der Waals surface area (Å²) in [4.78, 5) is 0. The molecular weight excluding hydrogens is 384 g/mol. The van der Waals surface area contributed by atoms with Crippen LogP contribution in [-0.4, -0.2) is 0 Å². The van der Waals surface area contributed by atoms with Gasteiger partial charge in [0.25, 0.3) is 0 Å². The van der Waals surface area contributed by atoms with Gasteiger partial charge in [-0.25, -0.2) is 0 Å². The van der Waals surface area contributed by atoms with E-state index in [9.17, 15) is 0 Å². The summed E-state index contributed by atoms with van der Waals surface area (Å²) < 4.78 is 0. The zero-order valence-corrected chi connectivity index (χ0v) is 18.8. The predicted molar refractivity (Wildman–Crippen MR) is 135 cm³/mol. The largest absolute Gasteiger partial charge is 0.0718 e. The van der Waals surface area contributed by atoms with Crippen molar-refractivity contribution in [3.8, 4) is 11.1 Å². The molecule has 0 amide bonds. The topological polar surface area (TPSA) is 0 Å². The second-order valence-corrected chi connectivity index (χ2v) is 9.17. The van der Waals surface area contributed by atoms with Crippen LogP contribution in [0.15, 0.2) is 103 Å². The first-order valence-electron chi connectivity index (χ1n) is 11.4. The lowest BCUT2D eigenvalue weighted by Gasteiger charge is -2.36. The van der Waals surface area contributed by atoms with Crippen molar-refractivity contribution in [2.24, 2.45) is 0 Å². The Hall–Kier alpha value is -3.64. The first kappa shape index (κ1) is 19.1. The van der Waals surface area contributed by atoms with Crippen LogP contribution < -0.4 is 0 Å². The first-order valence-corrected chi connectivity index (χ1v) is 11.4. The molecule has 1 aliphatic carbocycles. The van der Waals surface area contributed by atoms with Crippen LogP contribution in [0.25, 0.3) is 21.9 Å². The van der Waals surface area contributed by atoms with Gasteiger partial charge in [-0.2, -0.15) is 0 Å². The summed E-state index contributed by atoms with van der Waals surface area (Å²) in [6, 6.07) is 38.4. The summed E-state index contributed by atoms with van der Waals surface area (Å²) in [6.07, 6.45) is 0. The van der Waals surface area contributed by atoms with E-state index in [0.29, 0.717) is 0 Å². The number of benzene rings is 5. The van der Waals surface area contributed by atoms with Gasteiger partial charge in [-0.05, 0) is 88.2 Å². The number of aryl methyl sites for hydroxylation is 3. The highest BCUT2D eigenvalue weighted by Gasteiger charge is 2.47. The molecule has 0 saturated heterocycles. The van der Waals surface area contributed by atoms with Crippen molar-refractivity contribution < 1.29 is 0 Å². The molecule has 1 aliphatic rings. The lowest BCUT2D eigenvalue weighted by Crippen LogP contribution is -2.30. The maximum Gasteiger partial charge on any atom is 0.0718 e. The van der Waals surface area contributed by atoms with Gasteiger partial charge >= 0.3 is 0 Å². The van der Waals surface area contributed by atoms with Crippen LogP contribution in [-0.2, 0) is 5.41 Å². The van der Waals surface area contributed by atoms with E-state index in [1.807, 2.05) is 0 Å². The van der Waals surface area contributed by atoms with E-state index in [2.05, 4.69) is 124 Å². The van der Waals surface area contributed by atoms with Gasteiger partial charge in [0.15, 0.2) is 0 Å². The van der Waals surface area contributed by atoms with E-state index in [0.717, 1.165) is 0 Å². The van der Waals surface area contributed by atoms with Crippen LogP contribution in [0, 0.1) is 20.8 Å². The monoisotopic (exact) mass is 410 g/mol. The standard InChI is InChI=1S/C32H26/c1-21-16-17-26-27-19-24-12-6-7-13-25(24)20-31(27)32(30(26)18-21,28-14-8-4-10-22(28)2)29-15-9-5-11-23(29)3/h4-20H,1-3H3. The molecule has 0 heteroatoms. The Morgan fingerprint density at radius 1 is 0.438 bits per heavy atom. The van der Waals surface area contributed by atoms with Crippen molar-refractivity contribution in [2.75, 3.05) is 0 Å². The maximum atomic E-state index is 2.44. The van der Waals surface area contributed by atoms with E-state index >= 15 is 0 Å². The number of rotatable bonds is 2. The fourth-order valence-corrected chi connectivity index (χ4v) is 5.83. The third-order valence-electron chi connectivity index (χ3n) is 7.26. The molecular formula is C32H26. The fourth-order valence-electron chi connectivity index (χ4n) is 5.83. The van der Waals surface area contributed by atoms with Gasteiger partial charge < -0.3 is 0 Å². The van der Waals surface area contributed by atoms with E-state index in [4.69, 9.17) is 0 Å². The summed E-state index contributed by atoms with van der Waals surface area (Å²) in [5.74, 6) is 0. The van der Waals surface area contributed by atoms with E-state index in [1.54, 1.807) is 0 Å². The Morgan fingerprint density at radius 2 is 0.969 bits per heavy atom. The third kappa shape index (κ3) is 2.50. The first-order chi connectivity index (χ1) is 15.6. The normalized spacial score (nSPS) is 13.7. The van der Waals surface area contributed by atoms with Crippen molar-refractivity contribution in [2.45, 2.75) is 26.2 Å². The summed E-state index contributed by atoms with van der Waals surface area (Å²) in [5.41, 5.74) is 11.8. The van der Waals surface area contributed by atoms with Crippen LogP contribution in [0.3, 0.4) is 0 Å². The van der Waals surface area contributed by atoms with Gasteiger partial charge in [-0.15, -0.1) is 0 Å². The van der Waals surface area contributed by atoms with Gasteiger partial charge in [0, 0.05) is 0 Å². The molecule has 0 atom stereocenters. The molecule has 0 nitrogen and oxygen atoms in total. The highest BCUT2D eigenvalue weighted by atomic mass is 14.5. The van der Waals surface area contributed by atoms with Gasteiger partial charge in [0.1, 0.15) is 0 Å². The molecule has 5 aromatic carbocycles. The van der Waals surface area contributed by atoms with Crippen molar-refractivity contribution in [3.63, 3.8) is 0 Å². The van der Waals surface area contributed by atoms with E-state index < -0.39 is 0 Å². The fraction of sp³-hybridized carbons (Fsp3) is 0.125. The van der Waals surface area contributed by atoms with Crippen molar-refractivity contribution in [3.05, 3.63) is 142 Å². The van der Waals surface area contributed by atoms with Crippen LogP contribution in [0.4, 0.5) is 0 Å². The van der Waals surface area contributed by atoms with Gasteiger partial charge in [0.2, 0.25) is 0 Å². The van der Waals surface area contributed by atoms with Crippen molar-refractivity contribution in [1.29, 1.82) is 0 Å². The Kier molecular flexibility index (Phi) is 4.13. The molecule has 0 N–H and O–H groups in total. The number of hydrogen-bond donors (Lipinski definition) is 0. The summed E-state index contributed by atoms with van der Waals surface area (Å²) >= 11 is 0. The SMILES string of the molecule is Cc1ccc2c(c1)C(c1ccccc1C)(c1ccccc1C)c1cc3ccccc3cc1-2. The highest BCUT2D eigenvalue weighted by molar-refractivity contribution is 5.96. The molecule has 6 rings (SSSR count). The predicted octanol–water partition coefficient (Wildman–Crippen LogP) is 8.13. The number of fused-ring (bicyclic) bond motifs is 4. The summed E-state index contributed by atoms with van der Waals surface area (Å²) in [7, 11) is 0. The summed E-state index contributed by atoms with van der Waals surface area (Å²) in [6.45, 7) is 6.72. The molecule has 0 unspecified atom stereocenters. The Labute approximate surface area is 190 Å². The molecule has 0 spiro atoms. The van der Waals surface area contributed by atoms with Crippen LogP contribution in [0.2, 0.25) is 0 Å². The molecule has 0 fully saturated rings. The quantitative estimate of drug-likeness (QED) is 0.270. The minimum Gasteiger partial charge on any atom is -0.0620 e. The third-order valence-corrected chi connectivity index (χ3v) is 7.26.